The number of aromatic nitrogens is 1. The number of ether oxygens (including phenoxy) is 2. The number of halogens is 1. The first-order chi connectivity index (χ1) is 13.2. The van der Waals surface area contributed by atoms with Crippen LogP contribution < -0.4 is 10.1 Å². The number of hydrogen-bond acceptors (Lipinski definition) is 5. The largest absolute Gasteiger partial charge is 0.497 e. The lowest BCUT2D eigenvalue weighted by atomic mass is 10.2. The van der Waals surface area contributed by atoms with Gasteiger partial charge in [-0.05, 0) is 50.1 Å². The van der Waals surface area contributed by atoms with Crippen LogP contribution in [0.1, 0.15) is 31.9 Å². The number of nitrogens with zero attached hydrogens (tertiary/aromatic N) is 2. The van der Waals surface area contributed by atoms with E-state index >= 15 is 0 Å². The van der Waals surface area contributed by atoms with Gasteiger partial charge in [0.1, 0.15) is 16.5 Å². The third-order valence-corrected chi connectivity index (χ3v) is 4.08. The van der Waals surface area contributed by atoms with E-state index in [0.29, 0.717) is 24.8 Å². The molecular weight excluding hydrogens is 378 g/mol. The number of hydrogen-bond donors (Lipinski definition) is 1. The maximum absolute atomic E-state index is 11.9. The first-order valence-electron chi connectivity index (χ1n) is 9.18. The third-order valence-electron chi connectivity index (χ3n) is 3.86. The van der Waals surface area contributed by atoms with Gasteiger partial charge in [-0.3, -0.25) is 4.90 Å². The van der Waals surface area contributed by atoms with Crippen LogP contribution in [-0.4, -0.2) is 41.8 Å². The fraction of sp³-hybridized carbons (Fsp3) is 0.429. The molecule has 0 aliphatic rings. The van der Waals surface area contributed by atoms with Crippen molar-refractivity contribution in [3.05, 3.63) is 58.9 Å². The summed E-state index contributed by atoms with van der Waals surface area (Å²) < 4.78 is 10.5. The van der Waals surface area contributed by atoms with Crippen molar-refractivity contribution in [1.29, 1.82) is 0 Å². The summed E-state index contributed by atoms with van der Waals surface area (Å²) in [6.07, 6.45) is 1.36. The summed E-state index contributed by atoms with van der Waals surface area (Å²) >= 11 is 5.88. The Bertz CT molecular complexity index is 743. The number of amides is 1. The molecule has 1 aromatic heterocycles. The lowest BCUT2D eigenvalue weighted by Crippen LogP contribution is -2.37. The van der Waals surface area contributed by atoms with Crippen LogP contribution in [0.3, 0.4) is 0 Å². The minimum absolute atomic E-state index is 0.412. The molecule has 0 aliphatic carbocycles. The molecule has 0 bridgehead atoms. The minimum atomic E-state index is -0.512. The molecule has 7 heteroatoms. The number of methoxy groups -OCH3 is 1. The van der Waals surface area contributed by atoms with E-state index in [1.54, 1.807) is 19.4 Å². The normalized spacial score (nSPS) is 11.4. The molecule has 0 saturated heterocycles. The van der Waals surface area contributed by atoms with Gasteiger partial charge in [0.25, 0.3) is 0 Å². The molecule has 1 heterocycles. The van der Waals surface area contributed by atoms with Crippen LogP contribution in [0.25, 0.3) is 0 Å². The molecule has 0 fully saturated rings. The minimum Gasteiger partial charge on any atom is -0.497 e. The monoisotopic (exact) mass is 405 g/mol. The van der Waals surface area contributed by atoms with Gasteiger partial charge < -0.3 is 14.8 Å². The SMILES string of the molecule is COc1ccc(CN(CCNC(=O)OC(C)(C)C)Cc2ccc(Cl)nc2)cc1. The van der Waals surface area contributed by atoms with Gasteiger partial charge in [0.2, 0.25) is 0 Å². The molecule has 28 heavy (non-hydrogen) atoms. The van der Waals surface area contributed by atoms with Gasteiger partial charge in [-0.25, -0.2) is 9.78 Å². The van der Waals surface area contributed by atoms with Crippen molar-refractivity contribution in [2.24, 2.45) is 0 Å². The van der Waals surface area contributed by atoms with E-state index in [0.717, 1.165) is 23.4 Å². The van der Waals surface area contributed by atoms with Gasteiger partial charge in [0, 0.05) is 32.4 Å². The molecule has 0 unspecified atom stereocenters. The molecule has 0 aliphatic heterocycles. The Morgan fingerprint density at radius 3 is 2.32 bits per heavy atom. The van der Waals surface area contributed by atoms with Gasteiger partial charge in [-0.1, -0.05) is 29.8 Å². The van der Waals surface area contributed by atoms with Crippen LogP contribution in [0.5, 0.6) is 5.75 Å². The molecule has 0 saturated carbocycles. The Hall–Kier alpha value is -2.31. The number of benzene rings is 1. The number of alkyl carbamates (subject to hydrolysis) is 1. The molecule has 0 atom stereocenters. The zero-order chi connectivity index (χ0) is 20.6. The van der Waals surface area contributed by atoms with Crippen LogP contribution >= 0.6 is 11.6 Å². The fourth-order valence-electron chi connectivity index (χ4n) is 2.59. The van der Waals surface area contributed by atoms with Crippen molar-refractivity contribution in [3.8, 4) is 5.75 Å². The highest BCUT2D eigenvalue weighted by Gasteiger charge is 2.16. The summed E-state index contributed by atoms with van der Waals surface area (Å²) in [7, 11) is 1.65. The first-order valence-corrected chi connectivity index (χ1v) is 9.55. The highest BCUT2D eigenvalue weighted by molar-refractivity contribution is 6.29. The molecule has 0 radical (unpaired) electrons. The predicted molar refractivity (Wildman–Crippen MR) is 111 cm³/mol. The van der Waals surface area contributed by atoms with E-state index in [2.05, 4.69) is 15.2 Å². The zero-order valence-corrected chi connectivity index (χ0v) is 17.6. The number of carbonyl (C=O) groups is 1. The predicted octanol–water partition coefficient (Wildman–Crippen LogP) is 4.27. The van der Waals surface area contributed by atoms with Gasteiger partial charge in [0.05, 0.1) is 7.11 Å². The van der Waals surface area contributed by atoms with Crippen molar-refractivity contribution < 1.29 is 14.3 Å². The molecule has 2 aromatic rings. The average molecular weight is 406 g/mol. The second kappa shape index (κ2) is 10.3. The van der Waals surface area contributed by atoms with Crippen LogP contribution in [0.4, 0.5) is 4.79 Å². The summed E-state index contributed by atoms with van der Waals surface area (Å²) in [5.41, 5.74) is 1.69. The Balaban J connectivity index is 1.98. The third kappa shape index (κ3) is 8.15. The first kappa shape index (κ1) is 22.0. The van der Waals surface area contributed by atoms with E-state index in [9.17, 15) is 4.79 Å². The van der Waals surface area contributed by atoms with E-state index in [-0.39, 0.29) is 0 Å². The van der Waals surface area contributed by atoms with Crippen molar-refractivity contribution in [2.45, 2.75) is 39.5 Å². The van der Waals surface area contributed by atoms with Crippen molar-refractivity contribution in [3.63, 3.8) is 0 Å². The highest BCUT2D eigenvalue weighted by Crippen LogP contribution is 2.15. The second-order valence-electron chi connectivity index (χ2n) is 7.48. The van der Waals surface area contributed by atoms with Gasteiger partial charge >= 0.3 is 6.09 Å². The molecule has 6 nitrogen and oxygen atoms in total. The summed E-state index contributed by atoms with van der Waals surface area (Å²) in [5.74, 6) is 0.823. The zero-order valence-electron chi connectivity index (χ0n) is 16.9. The van der Waals surface area contributed by atoms with Crippen LogP contribution in [-0.2, 0) is 17.8 Å². The number of carbonyl (C=O) groups excluding carboxylic acids is 1. The molecule has 0 spiro atoms. The molecular formula is C21H28ClN3O3. The lowest BCUT2D eigenvalue weighted by Gasteiger charge is -2.24. The van der Waals surface area contributed by atoms with Crippen molar-refractivity contribution in [1.82, 2.24) is 15.2 Å². The highest BCUT2D eigenvalue weighted by atomic mass is 35.5. The summed E-state index contributed by atoms with van der Waals surface area (Å²) in [6.45, 7) is 8.08. The Morgan fingerprint density at radius 2 is 1.75 bits per heavy atom. The molecule has 1 N–H and O–H groups in total. The number of rotatable bonds is 8. The van der Waals surface area contributed by atoms with Crippen LogP contribution in [0.15, 0.2) is 42.6 Å². The summed E-state index contributed by atoms with van der Waals surface area (Å²) in [4.78, 5) is 18.2. The molecule has 152 valence electrons. The average Bonchev–Trinajstić information content (AvgIpc) is 2.62. The van der Waals surface area contributed by atoms with E-state index in [4.69, 9.17) is 21.1 Å². The van der Waals surface area contributed by atoms with Crippen molar-refractivity contribution >= 4 is 17.7 Å². The smallest absolute Gasteiger partial charge is 0.407 e. The molecule has 1 aromatic carbocycles. The standard InChI is InChI=1S/C21H28ClN3O3/c1-21(2,3)28-20(26)23-11-12-25(15-17-7-10-19(22)24-13-17)14-16-5-8-18(27-4)9-6-16/h5-10,13H,11-12,14-15H2,1-4H3,(H,23,26). The summed E-state index contributed by atoms with van der Waals surface area (Å²) in [6, 6.07) is 11.7. The van der Waals surface area contributed by atoms with Crippen molar-refractivity contribution in [2.75, 3.05) is 20.2 Å². The van der Waals surface area contributed by atoms with Crippen LogP contribution in [0.2, 0.25) is 5.15 Å². The number of nitrogens with one attached hydrogen (secondary N) is 1. The maximum atomic E-state index is 11.9. The Morgan fingerprint density at radius 1 is 1.11 bits per heavy atom. The van der Waals surface area contributed by atoms with Gasteiger partial charge in [0.15, 0.2) is 0 Å². The topological polar surface area (TPSA) is 63.7 Å². The van der Waals surface area contributed by atoms with E-state index in [1.807, 2.05) is 51.1 Å². The Kier molecular flexibility index (Phi) is 8.08. The maximum Gasteiger partial charge on any atom is 0.407 e. The van der Waals surface area contributed by atoms with Gasteiger partial charge in [-0.2, -0.15) is 0 Å². The molecule has 1 amide bonds. The van der Waals surface area contributed by atoms with E-state index in [1.165, 1.54) is 0 Å². The lowest BCUT2D eigenvalue weighted by molar-refractivity contribution is 0.0521. The number of pyridine rings is 1. The van der Waals surface area contributed by atoms with Gasteiger partial charge in [-0.15, -0.1) is 0 Å². The fourth-order valence-corrected chi connectivity index (χ4v) is 2.70. The summed E-state index contributed by atoms with van der Waals surface area (Å²) in [5, 5.41) is 3.28. The van der Waals surface area contributed by atoms with E-state index < -0.39 is 11.7 Å². The quantitative estimate of drug-likeness (QED) is 0.664. The Labute approximate surface area is 171 Å². The molecule has 2 rings (SSSR count). The second-order valence-corrected chi connectivity index (χ2v) is 7.86. The van der Waals surface area contributed by atoms with Crippen LogP contribution in [0, 0.1) is 0 Å².